The molecule has 110 valence electrons. The van der Waals surface area contributed by atoms with Gasteiger partial charge in [-0.3, -0.25) is 14.7 Å². The Morgan fingerprint density at radius 3 is 2.67 bits per heavy atom. The van der Waals surface area contributed by atoms with Crippen molar-refractivity contribution < 1.29 is 4.79 Å². The van der Waals surface area contributed by atoms with E-state index in [1.54, 1.807) is 24.5 Å². The highest BCUT2D eigenvalue weighted by molar-refractivity contribution is 6.33. The van der Waals surface area contributed by atoms with Crippen molar-refractivity contribution in [2.75, 3.05) is 25.5 Å². The van der Waals surface area contributed by atoms with Gasteiger partial charge in [0.1, 0.15) is 0 Å². The molecule has 2 aromatic rings. The van der Waals surface area contributed by atoms with Crippen molar-refractivity contribution in [1.29, 1.82) is 0 Å². The largest absolute Gasteiger partial charge is 0.324 e. The Balaban J connectivity index is 1.78. The summed E-state index contributed by atoms with van der Waals surface area (Å²) in [4.78, 5) is 17.9. The second-order valence-electron chi connectivity index (χ2n) is 4.87. The number of carbonyl (C=O) groups is 1. The van der Waals surface area contributed by atoms with Gasteiger partial charge in [0.25, 0.3) is 0 Å². The molecular weight excluding hydrogens is 286 g/mol. The summed E-state index contributed by atoms with van der Waals surface area (Å²) in [5.74, 6) is -0.0691. The lowest BCUT2D eigenvalue weighted by atomic mass is 10.2. The molecule has 1 amide bonds. The van der Waals surface area contributed by atoms with Crippen molar-refractivity contribution >= 4 is 23.2 Å². The predicted molar refractivity (Wildman–Crippen MR) is 85.5 cm³/mol. The molecule has 0 fully saturated rings. The van der Waals surface area contributed by atoms with E-state index in [4.69, 9.17) is 11.6 Å². The summed E-state index contributed by atoms with van der Waals surface area (Å²) in [5.41, 5.74) is 1.86. The maximum Gasteiger partial charge on any atom is 0.238 e. The SMILES string of the molecule is CN(CCc1ccncc1)CC(=O)Nc1ccccc1Cl. The van der Waals surface area contributed by atoms with Crippen LogP contribution in [0.25, 0.3) is 0 Å². The van der Waals surface area contributed by atoms with E-state index in [1.807, 2.05) is 36.2 Å². The van der Waals surface area contributed by atoms with Crippen LogP contribution in [0.1, 0.15) is 5.56 Å². The molecule has 0 unspecified atom stereocenters. The molecule has 4 nitrogen and oxygen atoms in total. The lowest BCUT2D eigenvalue weighted by molar-refractivity contribution is -0.117. The van der Waals surface area contributed by atoms with Crippen LogP contribution in [-0.2, 0) is 11.2 Å². The van der Waals surface area contributed by atoms with Gasteiger partial charge in [-0.25, -0.2) is 0 Å². The number of hydrogen-bond donors (Lipinski definition) is 1. The molecule has 1 aromatic heterocycles. The molecule has 0 saturated heterocycles. The van der Waals surface area contributed by atoms with Crippen LogP contribution < -0.4 is 5.32 Å². The van der Waals surface area contributed by atoms with E-state index in [2.05, 4.69) is 10.3 Å². The van der Waals surface area contributed by atoms with Crippen LogP contribution in [0.4, 0.5) is 5.69 Å². The van der Waals surface area contributed by atoms with Gasteiger partial charge in [-0.15, -0.1) is 0 Å². The zero-order chi connectivity index (χ0) is 15.1. The summed E-state index contributed by atoms with van der Waals surface area (Å²) in [6.45, 7) is 1.14. The molecule has 2 rings (SSSR count). The van der Waals surface area contributed by atoms with Gasteiger partial charge in [0.05, 0.1) is 17.3 Å². The van der Waals surface area contributed by atoms with E-state index in [0.717, 1.165) is 13.0 Å². The predicted octanol–water partition coefficient (Wildman–Crippen LogP) is 2.85. The minimum Gasteiger partial charge on any atom is -0.324 e. The monoisotopic (exact) mass is 303 g/mol. The first-order valence-electron chi connectivity index (χ1n) is 6.77. The number of pyridine rings is 1. The molecular formula is C16H18ClN3O. The first kappa shape index (κ1) is 15.5. The number of nitrogens with one attached hydrogen (secondary N) is 1. The zero-order valence-corrected chi connectivity index (χ0v) is 12.7. The topological polar surface area (TPSA) is 45.2 Å². The number of carbonyl (C=O) groups excluding carboxylic acids is 1. The highest BCUT2D eigenvalue weighted by Gasteiger charge is 2.08. The summed E-state index contributed by atoms with van der Waals surface area (Å²) < 4.78 is 0. The average Bonchev–Trinajstić information content (AvgIpc) is 2.48. The van der Waals surface area contributed by atoms with Crippen LogP contribution in [-0.4, -0.2) is 35.9 Å². The Hall–Kier alpha value is -1.91. The van der Waals surface area contributed by atoms with Gasteiger partial charge in [-0.05, 0) is 43.3 Å². The van der Waals surface area contributed by atoms with Gasteiger partial charge in [0, 0.05) is 18.9 Å². The number of rotatable bonds is 6. The van der Waals surface area contributed by atoms with Crippen LogP contribution in [0.15, 0.2) is 48.8 Å². The molecule has 0 atom stereocenters. The van der Waals surface area contributed by atoms with Crippen LogP contribution in [0, 0.1) is 0 Å². The van der Waals surface area contributed by atoms with Gasteiger partial charge in [-0.1, -0.05) is 23.7 Å². The minimum atomic E-state index is -0.0691. The van der Waals surface area contributed by atoms with Crippen molar-refractivity contribution in [1.82, 2.24) is 9.88 Å². The van der Waals surface area contributed by atoms with Gasteiger partial charge in [0.15, 0.2) is 0 Å². The van der Waals surface area contributed by atoms with Gasteiger partial charge in [0.2, 0.25) is 5.91 Å². The number of benzene rings is 1. The number of para-hydroxylation sites is 1. The second kappa shape index (κ2) is 7.76. The third-order valence-corrected chi connectivity index (χ3v) is 3.42. The Labute approximate surface area is 129 Å². The fourth-order valence-corrected chi connectivity index (χ4v) is 2.13. The summed E-state index contributed by atoms with van der Waals surface area (Å²) in [7, 11) is 1.92. The molecule has 5 heteroatoms. The third kappa shape index (κ3) is 5.17. The molecule has 0 aliphatic carbocycles. The van der Waals surface area contributed by atoms with E-state index >= 15 is 0 Å². The van der Waals surface area contributed by atoms with E-state index in [1.165, 1.54) is 5.56 Å². The highest BCUT2D eigenvalue weighted by Crippen LogP contribution is 2.20. The molecule has 0 radical (unpaired) electrons. The van der Waals surface area contributed by atoms with E-state index in [9.17, 15) is 4.79 Å². The normalized spacial score (nSPS) is 10.6. The zero-order valence-electron chi connectivity index (χ0n) is 11.9. The van der Waals surface area contributed by atoms with E-state index < -0.39 is 0 Å². The molecule has 1 N–H and O–H groups in total. The van der Waals surface area contributed by atoms with Crippen molar-refractivity contribution in [3.63, 3.8) is 0 Å². The Kier molecular flexibility index (Phi) is 5.72. The Morgan fingerprint density at radius 2 is 1.95 bits per heavy atom. The fraction of sp³-hybridized carbons (Fsp3) is 0.250. The summed E-state index contributed by atoms with van der Waals surface area (Å²) in [6, 6.07) is 11.2. The van der Waals surface area contributed by atoms with Gasteiger partial charge in [-0.2, -0.15) is 0 Å². The molecule has 1 aromatic carbocycles. The number of likely N-dealkylation sites (N-methyl/N-ethyl adjacent to an activating group) is 1. The first-order valence-corrected chi connectivity index (χ1v) is 7.15. The van der Waals surface area contributed by atoms with Crippen molar-refractivity contribution in [2.24, 2.45) is 0 Å². The number of nitrogens with zero attached hydrogens (tertiary/aromatic N) is 2. The molecule has 0 spiro atoms. The standard InChI is InChI=1S/C16H18ClN3O/c1-20(11-8-13-6-9-18-10-7-13)12-16(21)19-15-5-3-2-4-14(15)17/h2-7,9-10H,8,11-12H2,1H3,(H,19,21). The first-order chi connectivity index (χ1) is 10.1. The van der Waals surface area contributed by atoms with E-state index in [-0.39, 0.29) is 5.91 Å². The molecule has 0 saturated carbocycles. The summed E-state index contributed by atoms with van der Waals surface area (Å²) >= 11 is 6.01. The van der Waals surface area contributed by atoms with E-state index in [0.29, 0.717) is 17.3 Å². The smallest absolute Gasteiger partial charge is 0.238 e. The average molecular weight is 304 g/mol. The number of amides is 1. The molecule has 0 bridgehead atoms. The lowest BCUT2D eigenvalue weighted by Gasteiger charge is -2.16. The quantitative estimate of drug-likeness (QED) is 0.892. The lowest BCUT2D eigenvalue weighted by Crippen LogP contribution is -2.31. The van der Waals surface area contributed by atoms with Gasteiger partial charge < -0.3 is 5.32 Å². The van der Waals surface area contributed by atoms with Crippen LogP contribution in [0.5, 0.6) is 0 Å². The third-order valence-electron chi connectivity index (χ3n) is 3.09. The molecule has 0 aliphatic heterocycles. The molecule has 1 heterocycles. The fourth-order valence-electron chi connectivity index (χ4n) is 1.95. The Bertz CT molecular complexity index is 589. The van der Waals surface area contributed by atoms with Crippen molar-refractivity contribution in [2.45, 2.75) is 6.42 Å². The summed E-state index contributed by atoms with van der Waals surface area (Å²) in [6.07, 6.45) is 4.44. The maximum atomic E-state index is 12.0. The minimum absolute atomic E-state index is 0.0691. The molecule has 21 heavy (non-hydrogen) atoms. The number of aromatic nitrogens is 1. The number of halogens is 1. The van der Waals surface area contributed by atoms with Crippen LogP contribution >= 0.6 is 11.6 Å². The second-order valence-corrected chi connectivity index (χ2v) is 5.28. The van der Waals surface area contributed by atoms with Crippen molar-refractivity contribution in [3.05, 3.63) is 59.4 Å². The highest BCUT2D eigenvalue weighted by atomic mass is 35.5. The number of anilines is 1. The van der Waals surface area contributed by atoms with Gasteiger partial charge >= 0.3 is 0 Å². The number of hydrogen-bond acceptors (Lipinski definition) is 3. The van der Waals surface area contributed by atoms with Crippen LogP contribution in [0.3, 0.4) is 0 Å². The Morgan fingerprint density at radius 1 is 1.24 bits per heavy atom. The summed E-state index contributed by atoms with van der Waals surface area (Å²) in [5, 5.41) is 3.36. The maximum absolute atomic E-state index is 12.0. The van der Waals surface area contributed by atoms with Crippen molar-refractivity contribution in [3.8, 4) is 0 Å². The molecule has 0 aliphatic rings. The van der Waals surface area contributed by atoms with Crippen LogP contribution in [0.2, 0.25) is 5.02 Å².